The van der Waals surface area contributed by atoms with Crippen molar-refractivity contribution >= 4 is 21.7 Å². The van der Waals surface area contributed by atoms with Crippen LogP contribution < -0.4 is 10.0 Å². The summed E-state index contributed by atoms with van der Waals surface area (Å²) in [6.07, 6.45) is 4.84. The highest BCUT2D eigenvalue weighted by Gasteiger charge is 2.29. The smallest absolute Gasteiger partial charge is 0.229 e. The van der Waals surface area contributed by atoms with Crippen molar-refractivity contribution in [3.63, 3.8) is 0 Å². The summed E-state index contributed by atoms with van der Waals surface area (Å²) >= 11 is 0. The second-order valence-electron chi connectivity index (χ2n) is 7.27. The van der Waals surface area contributed by atoms with Crippen molar-refractivity contribution in [2.24, 2.45) is 16.8 Å². The largest absolute Gasteiger partial charge is 0.357 e. The molecule has 0 bridgehead atoms. The van der Waals surface area contributed by atoms with Crippen LogP contribution in [0.5, 0.6) is 0 Å². The highest BCUT2D eigenvalue weighted by Crippen LogP contribution is 2.29. The summed E-state index contributed by atoms with van der Waals surface area (Å²) in [5.74, 6) is 2.42. The molecule has 7 heteroatoms. The minimum absolute atomic E-state index is 0.438. The van der Waals surface area contributed by atoms with Crippen LogP contribution in [-0.2, 0) is 16.6 Å². The maximum absolute atomic E-state index is 11.6. The van der Waals surface area contributed by atoms with Crippen LogP contribution in [0.4, 0.5) is 5.69 Å². The van der Waals surface area contributed by atoms with Crippen LogP contribution >= 0.6 is 0 Å². The van der Waals surface area contributed by atoms with Crippen molar-refractivity contribution in [2.75, 3.05) is 30.6 Å². The number of aliphatic imine (C=N–C) groups is 1. The molecule has 1 saturated heterocycles. The summed E-state index contributed by atoms with van der Waals surface area (Å²) in [5.41, 5.74) is 1.46. The van der Waals surface area contributed by atoms with E-state index in [0.29, 0.717) is 12.2 Å². The third kappa shape index (κ3) is 6.41. The van der Waals surface area contributed by atoms with Crippen LogP contribution in [0.25, 0.3) is 0 Å². The molecule has 0 aliphatic carbocycles. The van der Waals surface area contributed by atoms with Crippen molar-refractivity contribution in [1.29, 1.82) is 0 Å². The van der Waals surface area contributed by atoms with Gasteiger partial charge in [-0.3, -0.25) is 4.72 Å². The van der Waals surface area contributed by atoms with Gasteiger partial charge in [-0.15, -0.1) is 0 Å². The Labute approximate surface area is 164 Å². The Morgan fingerprint density at radius 2 is 1.96 bits per heavy atom. The van der Waals surface area contributed by atoms with Crippen LogP contribution in [0.3, 0.4) is 0 Å². The molecule has 6 nitrogen and oxygen atoms in total. The van der Waals surface area contributed by atoms with E-state index in [1.165, 1.54) is 25.5 Å². The lowest BCUT2D eigenvalue weighted by Crippen LogP contribution is -2.40. The van der Waals surface area contributed by atoms with E-state index in [1.807, 2.05) is 18.2 Å². The first-order valence-corrected chi connectivity index (χ1v) is 11.9. The molecule has 152 valence electrons. The number of anilines is 1. The van der Waals surface area contributed by atoms with Crippen molar-refractivity contribution in [1.82, 2.24) is 10.2 Å². The summed E-state index contributed by atoms with van der Waals surface area (Å²) in [5, 5.41) is 3.40. The molecule has 0 saturated carbocycles. The molecular formula is C20H34N4O2S. The molecule has 0 aromatic heterocycles. The predicted octanol–water partition coefficient (Wildman–Crippen LogP) is 3.28. The number of sulfonamides is 1. The Morgan fingerprint density at radius 1 is 1.26 bits per heavy atom. The van der Waals surface area contributed by atoms with Crippen molar-refractivity contribution in [2.45, 2.75) is 46.6 Å². The Hall–Kier alpha value is -1.76. The first-order chi connectivity index (χ1) is 12.9. The van der Waals surface area contributed by atoms with E-state index < -0.39 is 10.0 Å². The number of nitrogens with zero attached hydrogens (tertiary/aromatic N) is 2. The van der Waals surface area contributed by atoms with Gasteiger partial charge in [-0.2, -0.15) is 0 Å². The van der Waals surface area contributed by atoms with Gasteiger partial charge < -0.3 is 10.2 Å². The number of guanidine groups is 1. The minimum Gasteiger partial charge on any atom is -0.357 e. The third-order valence-corrected chi connectivity index (χ3v) is 5.88. The molecule has 1 aliphatic rings. The summed E-state index contributed by atoms with van der Waals surface area (Å²) in [6, 6.07) is 7.42. The first kappa shape index (κ1) is 21.5. The quantitative estimate of drug-likeness (QED) is 0.524. The first-order valence-electron chi connectivity index (χ1n) is 9.96. The third-order valence-electron chi connectivity index (χ3n) is 5.29. The van der Waals surface area contributed by atoms with Gasteiger partial charge in [-0.05, 0) is 36.8 Å². The van der Waals surface area contributed by atoms with E-state index in [1.54, 1.807) is 6.07 Å². The summed E-state index contributed by atoms with van der Waals surface area (Å²) in [4.78, 5) is 7.14. The molecule has 2 rings (SSSR count). The zero-order valence-corrected chi connectivity index (χ0v) is 17.8. The van der Waals surface area contributed by atoms with Gasteiger partial charge in [-0.1, -0.05) is 44.9 Å². The zero-order chi connectivity index (χ0) is 19.9. The summed E-state index contributed by atoms with van der Waals surface area (Å²) in [6.45, 7) is 9.95. The van der Waals surface area contributed by atoms with E-state index in [2.05, 4.69) is 35.7 Å². The molecule has 1 aliphatic heterocycles. The average molecular weight is 395 g/mol. The highest BCUT2D eigenvalue weighted by molar-refractivity contribution is 7.92. The second kappa shape index (κ2) is 9.97. The van der Waals surface area contributed by atoms with Crippen molar-refractivity contribution in [3.8, 4) is 0 Å². The van der Waals surface area contributed by atoms with E-state index in [9.17, 15) is 8.42 Å². The molecule has 1 atom stereocenters. The molecule has 1 aromatic carbocycles. The fourth-order valence-electron chi connectivity index (χ4n) is 3.86. The normalized spacial score (nSPS) is 18.2. The Balaban J connectivity index is 2.13. The highest BCUT2D eigenvalue weighted by atomic mass is 32.2. The molecule has 1 aromatic rings. The van der Waals surface area contributed by atoms with E-state index in [4.69, 9.17) is 4.99 Å². The molecular weight excluding hydrogens is 360 g/mol. The van der Waals surface area contributed by atoms with E-state index in [0.717, 1.165) is 43.0 Å². The number of rotatable bonds is 8. The van der Waals surface area contributed by atoms with Gasteiger partial charge >= 0.3 is 0 Å². The number of para-hydroxylation sites is 1. The molecule has 0 spiro atoms. The Morgan fingerprint density at radius 3 is 2.59 bits per heavy atom. The van der Waals surface area contributed by atoms with Crippen molar-refractivity contribution in [3.05, 3.63) is 29.8 Å². The molecule has 1 unspecified atom stereocenters. The van der Waals surface area contributed by atoms with Crippen LogP contribution in [-0.4, -0.2) is 45.2 Å². The number of nitrogens with one attached hydrogen (secondary N) is 2. The molecule has 2 N–H and O–H groups in total. The molecule has 1 fully saturated rings. The predicted molar refractivity (Wildman–Crippen MR) is 113 cm³/mol. The van der Waals surface area contributed by atoms with Gasteiger partial charge in [0, 0.05) is 19.6 Å². The topological polar surface area (TPSA) is 73.8 Å². The lowest BCUT2D eigenvalue weighted by Gasteiger charge is -2.24. The molecule has 0 radical (unpaired) electrons. The lowest BCUT2D eigenvalue weighted by molar-refractivity contribution is 0.319. The lowest BCUT2D eigenvalue weighted by atomic mass is 9.87. The Bertz CT molecular complexity index is 729. The van der Waals surface area contributed by atoms with E-state index in [-0.39, 0.29) is 0 Å². The monoisotopic (exact) mass is 394 g/mol. The number of hydrogen-bond acceptors (Lipinski definition) is 3. The van der Waals surface area contributed by atoms with Crippen LogP contribution in [0, 0.1) is 11.8 Å². The average Bonchev–Trinajstić information content (AvgIpc) is 3.09. The molecule has 0 amide bonds. The Kier molecular flexibility index (Phi) is 7.95. The maximum atomic E-state index is 11.6. The van der Waals surface area contributed by atoms with E-state index >= 15 is 0 Å². The standard InChI is InChI=1S/C20H34N4O2S/c1-5-16(6-2)18-12-13-24(15-18)20(21-7-3)22-14-17-10-8-9-11-19(17)23-27(4,25)26/h8-11,16,18,23H,5-7,12-15H2,1-4H3,(H,21,22). The number of benzene rings is 1. The van der Waals surface area contributed by atoms with Crippen LogP contribution in [0.15, 0.2) is 29.3 Å². The summed E-state index contributed by atoms with van der Waals surface area (Å²) in [7, 11) is -3.31. The van der Waals surface area contributed by atoms with Crippen molar-refractivity contribution < 1.29 is 8.42 Å². The second-order valence-corrected chi connectivity index (χ2v) is 9.02. The van der Waals surface area contributed by atoms with Gasteiger partial charge in [-0.25, -0.2) is 13.4 Å². The van der Waals surface area contributed by atoms with Gasteiger partial charge in [0.2, 0.25) is 10.0 Å². The van der Waals surface area contributed by atoms with Crippen LogP contribution in [0.1, 0.15) is 45.6 Å². The van der Waals surface area contributed by atoms with Crippen LogP contribution in [0.2, 0.25) is 0 Å². The van der Waals surface area contributed by atoms with Gasteiger partial charge in [0.15, 0.2) is 5.96 Å². The molecule has 27 heavy (non-hydrogen) atoms. The summed E-state index contributed by atoms with van der Waals surface area (Å²) < 4.78 is 25.8. The van der Waals surface area contributed by atoms with Gasteiger partial charge in [0.1, 0.15) is 0 Å². The number of hydrogen-bond donors (Lipinski definition) is 2. The fraction of sp³-hybridized carbons (Fsp3) is 0.650. The zero-order valence-electron chi connectivity index (χ0n) is 17.0. The van der Waals surface area contributed by atoms with Gasteiger partial charge in [0.05, 0.1) is 18.5 Å². The SMILES string of the molecule is CCNC(=NCc1ccccc1NS(C)(=O)=O)N1CCC(C(CC)CC)C1. The van der Waals surface area contributed by atoms with Gasteiger partial charge in [0.25, 0.3) is 0 Å². The maximum Gasteiger partial charge on any atom is 0.229 e. The minimum atomic E-state index is -3.31. The number of likely N-dealkylation sites (tertiary alicyclic amines) is 1. The molecule has 1 heterocycles. The fourth-order valence-corrected chi connectivity index (χ4v) is 4.46.